The zero-order valence-corrected chi connectivity index (χ0v) is 19.9. The molecule has 1 aromatic carbocycles. The molecule has 4 heterocycles. The molecule has 1 fully saturated rings. The number of aliphatic hydroxyl groups is 1. The van der Waals surface area contributed by atoms with Gasteiger partial charge < -0.3 is 15.7 Å². The number of hydrogen-bond acceptors (Lipinski definition) is 7. The van der Waals surface area contributed by atoms with Gasteiger partial charge >= 0.3 is 6.18 Å². The topological polar surface area (TPSA) is 110 Å². The summed E-state index contributed by atoms with van der Waals surface area (Å²) in [6.07, 6.45) is -1.07. The molecular formula is C25H24F3N7O2. The van der Waals surface area contributed by atoms with Gasteiger partial charge in [0.2, 0.25) is 5.95 Å². The Bertz CT molecular complexity index is 1570. The molecule has 0 radical (unpaired) electrons. The van der Waals surface area contributed by atoms with Crippen LogP contribution < -0.4 is 16.2 Å². The van der Waals surface area contributed by atoms with Gasteiger partial charge in [-0.2, -0.15) is 18.2 Å². The van der Waals surface area contributed by atoms with Crippen LogP contribution in [0.3, 0.4) is 0 Å². The van der Waals surface area contributed by atoms with Crippen LogP contribution in [0.5, 0.6) is 0 Å². The second-order valence-corrected chi connectivity index (χ2v) is 9.61. The second-order valence-electron chi connectivity index (χ2n) is 9.61. The molecule has 6 rings (SSSR count). The fraction of sp³-hybridized carbons (Fsp3) is 0.360. The molecule has 9 nitrogen and oxygen atoms in total. The molecule has 1 aliphatic carbocycles. The lowest BCUT2D eigenvalue weighted by molar-refractivity contribution is -0.260. The lowest BCUT2D eigenvalue weighted by Gasteiger charge is -2.26. The number of rotatable bonds is 5. The molecule has 0 amide bonds. The molecule has 12 heteroatoms. The Labute approximate surface area is 209 Å². The highest BCUT2D eigenvalue weighted by Gasteiger charge is 2.52. The van der Waals surface area contributed by atoms with Crippen LogP contribution in [0.1, 0.15) is 42.6 Å². The van der Waals surface area contributed by atoms with Gasteiger partial charge in [-0.25, -0.2) is 19.3 Å². The third kappa shape index (κ3) is 4.05. The minimum Gasteiger partial charge on any atom is -0.375 e. The molecule has 3 N–H and O–H groups in total. The highest BCUT2D eigenvalue weighted by atomic mass is 19.4. The molecule has 2 aliphatic rings. The number of fused-ring (bicyclic) bond motifs is 2. The van der Waals surface area contributed by atoms with Crippen molar-refractivity contribution in [3.8, 4) is 5.82 Å². The lowest BCUT2D eigenvalue weighted by Crippen LogP contribution is -2.40. The Hall–Kier alpha value is -3.77. The van der Waals surface area contributed by atoms with Crippen LogP contribution in [0, 0.1) is 0 Å². The number of anilines is 2. The van der Waals surface area contributed by atoms with Gasteiger partial charge in [-0.3, -0.25) is 4.79 Å². The first kappa shape index (κ1) is 23.6. The van der Waals surface area contributed by atoms with E-state index in [9.17, 15) is 23.1 Å². The first-order valence-electron chi connectivity index (χ1n) is 12.0. The first-order valence-corrected chi connectivity index (χ1v) is 12.0. The van der Waals surface area contributed by atoms with Gasteiger partial charge in [0.1, 0.15) is 5.39 Å². The number of hydrogen-bond donors (Lipinski definition) is 3. The number of alkyl halides is 3. The fourth-order valence-electron chi connectivity index (χ4n) is 4.57. The third-order valence-corrected chi connectivity index (χ3v) is 6.87. The minimum atomic E-state index is -4.93. The van der Waals surface area contributed by atoms with Crippen molar-refractivity contribution in [2.24, 2.45) is 0 Å². The van der Waals surface area contributed by atoms with Crippen LogP contribution in [0.25, 0.3) is 16.9 Å². The van der Waals surface area contributed by atoms with Crippen molar-refractivity contribution in [3.63, 3.8) is 0 Å². The van der Waals surface area contributed by atoms with E-state index in [2.05, 4.69) is 31.7 Å². The third-order valence-electron chi connectivity index (χ3n) is 6.87. The molecule has 0 bridgehead atoms. The molecule has 3 aromatic heterocycles. The Balaban J connectivity index is 1.46. The number of nitrogens with one attached hydrogen (secondary N) is 2. The van der Waals surface area contributed by atoms with Gasteiger partial charge in [-0.1, -0.05) is 12.1 Å². The molecule has 4 aromatic rings. The van der Waals surface area contributed by atoms with Gasteiger partial charge in [0.15, 0.2) is 17.1 Å². The summed E-state index contributed by atoms with van der Waals surface area (Å²) < 4.78 is 43.4. The largest absolute Gasteiger partial charge is 0.422 e. The van der Waals surface area contributed by atoms with E-state index < -0.39 is 17.5 Å². The number of nitrogens with zero attached hydrogens (tertiary/aromatic N) is 5. The van der Waals surface area contributed by atoms with Crippen LogP contribution in [-0.2, 0) is 18.6 Å². The minimum absolute atomic E-state index is 0.0468. The summed E-state index contributed by atoms with van der Waals surface area (Å²) in [7, 11) is 0. The SMILES string of the molecule is CC(O)(c1cccc(-n2c3nc(Nc4ccc5c(c4)CNCC5)ncc3c(=O)n2C2CC2)n1)C(F)(F)F. The first-order chi connectivity index (χ1) is 17.6. The van der Waals surface area contributed by atoms with Crippen molar-refractivity contribution in [1.82, 2.24) is 29.6 Å². The van der Waals surface area contributed by atoms with E-state index in [1.165, 1.54) is 38.8 Å². The molecule has 1 atom stereocenters. The number of benzene rings is 1. The maximum atomic E-state index is 13.5. The Morgan fingerprint density at radius 1 is 1.14 bits per heavy atom. The van der Waals surface area contributed by atoms with Crippen molar-refractivity contribution >= 4 is 22.7 Å². The Kier molecular flexibility index (Phi) is 5.35. The van der Waals surface area contributed by atoms with E-state index in [1.54, 1.807) is 0 Å². The van der Waals surface area contributed by atoms with E-state index in [-0.39, 0.29) is 34.4 Å². The molecule has 0 saturated heterocycles. The summed E-state index contributed by atoms with van der Waals surface area (Å²) in [5.41, 5.74) is -0.657. The summed E-state index contributed by atoms with van der Waals surface area (Å²) in [4.78, 5) is 26.3. The van der Waals surface area contributed by atoms with E-state index >= 15 is 0 Å². The second kappa shape index (κ2) is 8.38. The fourth-order valence-corrected chi connectivity index (χ4v) is 4.57. The average Bonchev–Trinajstić information content (AvgIpc) is 3.67. The molecular weight excluding hydrogens is 487 g/mol. The summed E-state index contributed by atoms with van der Waals surface area (Å²) >= 11 is 0. The number of aromatic nitrogens is 5. The predicted octanol–water partition coefficient (Wildman–Crippen LogP) is 3.47. The monoisotopic (exact) mass is 511 g/mol. The molecule has 0 spiro atoms. The highest BCUT2D eigenvalue weighted by molar-refractivity contribution is 5.77. The maximum Gasteiger partial charge on any atom is 0.422 e. The van der Waals surface area contributed by atoms with Crippen molar-refractivity contribution in [2.75, 3.05) is 11.9 Å². The van der Waals surface area contributed by atoms with Crippen LogP contribution >= 0.6 is 0 Å². The number of halogens is 3. The maximum absolute atomic E-state index is 13.5. The van der Waals surface area contributed by atoms with Gasteiger partial charge in [0.05, 0.1) is 11.7 Å². The van der Waals surface area contributed by atoms with E-state index in [0.29, 0.717) is 6.92 Å². The zero-order chi connectivity index (χ0) is 25.9. The summed E-state index contributed by atoms with van der Waals surface area (Å²) in [6, 6.07) is 9.84. The molecule has 37 heavy (non-hydrogen) atoms. The van der Waals surface area contributed by atoms with Crippen molar-refractivity contribution in [1.29, 1.82) is 0 Å². The average molecular weight is 512 g/mol. The van der Waals surface area contributed by atoms with E-state index in [0.717, 1.165) is 44.1 Å². The summed E-state index contributed by atoms with van der Waals surface area (Å²) in [5.74, 6) is 0.280. The molecule has 1 unspecified atom stereocenters. The zero-order valence-electron chi connectivity index (χ0n) is 19.9. The van der Waals surface area contributed by atoms with Gasteiger partial charge in [-0.15, -0.1) is 0 Å². The van der Waals surface area contributed by atoms with Gasteiger partial charge in [0, 0.05) is 18.4 Å². The van der Waals surface area contributed by atoms with E-state index in [4.69, 9.17) is 0 Å². The lowest BCUT2D eigenvalue weighted by atomic mass is 10.0. The standard InChI is InChI=1S/C25H24F3N7O2/c1-24(37,25(26,27)28)19-3-2-4-20(32-19)35-21-18(22(36)34(35)17-7-8-17)13-30-23(33-21)31-16-6-5-14-9-10-29-12-15(14)11-16/h2-6,11,13,17,29,37H,7-10,12H2,1H3,(H,30,31,33). The smallest absolute Gasteiger partial charge is 0.375 e. The van der Waals surface area contributed by atoms with Gasteiger partial charge in [0.25, 0.3) is 5.56 Å². The van der Waals surface area contributed by atoms with Crippen molar-refractivity contribution < 1.29 is 18.3 Å². The number of pyridine rings is 1. The summed E-state index contributed by atoms with van der Waals surface area (Å²) in [6.45, 7) is 2.35. The van der Waals surface area contributed by atoms with Gasteiger partial charge in [-0.05, 0) is 68.1 Å². The predicted molar refractivity (Wildman–Crippen MR) is 130 cm³/mol. The Morgan fingerprint density at radius 3 is 2.70 bits per heavy atom. The molecule has 1 saturated carbocycles. The normalized spacial score (nSPS) is 17.4. The van der Waals surface area contributed by atoms with Crippen LogP contribution in [-0.4, -0.2) is 42.1 Å². The summed E-state index contributed by atoms with van der Waals surface area (Å²) in [5, 5.41) is 16.9. The quantitative estimate of drug-likeness (QED) is 0.376. The van der Waals surface area contributed by atoms with Crippen molar-refractivity contribution in [3.05, 3.63) is 69.8 Å². The van der Waals surface area contributed by atoms with Crippen molar-refractivity contribution in [2.45, 2.75) is 50.6 Å². The molecule has 192 valence electrons. The molecule has 1 aliphatic heterocycles. The Morgan fingerprint density at radius 2 is 1.95 bits per heavy atom. The van der Waals surface area contributed by atoms with Crippen LogP contribution in [0.2, 0.25) is 0 Å². The van der Waals surface area contributed by atoms with E-state index in [1.807, 2.05) is 12.1 Å². The highest BCUT2D eigenvalue weighted by Crippen LogP contribution is 2.39. The van der Waals surface area contributed by atoms with Crippen LogP contribution in [0.15, 0.2) is 47.4 Å². The van der Waals surface area contributed by atoms with Crippen LogP contribution in [0.4, 0.5) is 24.8 Å².